The third-order valence-electron chi connectivity index (χ3n) is 3.31. The molecule has 0 radical (unpaired) electrons. The van der Waals surface area contributed by atoms with Crippen molar-refractivity contribution >= 4 is 17.2 Å². The van der Waals surface area contributed by atoms with Gasteiger partial charge in [-0.1, -0.05) is 12.1 Å². The van der Waals surface area contributed by atoms with Gasteiger partial charge < -0.3 is 15.2 Å². The number of rotatable bonds is 7. The number of amidine groups is 1. The highest BCUT2D eigenvalue weighted by Gasteiger charge is 2.10. The fourth-order valence-electron chi connectivity index (χ4n) is 2.06. The van der Waals surface area contributed by atoms with Gasteiger partial charge >= 0.3 is 0 Å². The standard InChI is InChI=1S/C15H20N6O2/c16-11-13(15(17)18)20-19-12-3-1-2-4-14(12)23-10-7-21-5-8-22-9-6-21/h1-4,19H,5-10H2,(H3,17,18)/b20-13+. The number of nitriles is 1. The van der Waals surface area contributed by atoms with Gasteiger partial charge in [-0.25, -0.2) is 0 Å². The topological polar surface area (TPSA) is 120 Å². The van der Waals surface area contributed by atoms with Crippen molar-refractivity contribution in [3.05, 3.63) is 24.3 Å². The minimum Gasteiger partial charge on any atom is -0.490 e. The zero-order chi connectivity index (χ0) is 16.5. The van der Waals surface area contributed by atoms with Crippen LogP contribution in [0.4, 0.5) is 5.69 Å². The lowest BCUT2D eigenvalue weighted by molar-refractivity contribution is 0.0323. The van der Waals surface area contributed by atoms with Gasteiger partial charge in [0.15, 0.2) is 5.84 Å². The number of hydrogen-bond acceptors (Lipinski definition) is 7. The van der Waals surface area contributed by atoms with Gasteiger partial charge in [-0.2, -0.15) is 10.4 Å². The van der Waals surface area contributed by atoms with Crippen LogP contribution in [0.25, 0.3) is 0 Å². The molecule has 1 heterocycles. The van der Waals surface area contributed by atoms with E-state index in [4.69, 9.17) is 25.9 Å². The molecule has 1 fully saturated rings. The number of nitrogens with one attached hydrogen (secondary N) is 2. The molecule has 1 aromatic rings. The Kier molecular flexibility index (Phi) is 6.35. The summed E-state index contributed by atoms with van der Waals surface area (Å²) in [5, 5.41) is 19.9. The molecule has 0 atom stereocenters. The molecule has 122 valence electrons. The van der Waals surface area contributed by atoms with Crippen molar-refractivity contribution in [2.24, 2.45) is 10.8 Å². The van der Waals surface area contributed by atoms with E-state index in [2.05, 4.69) is 15.4 Å². The monoisotopic (exact) mass is 316 g/mol. The highest BCUT2D eigenvalue weighted by molar-refractivity contribution is 6.45. The van der Waals surface area contributed by atoms with E-state index in [1.165, 1.54) is 0 Å². The van der Waals surface area contributed by atoms with Gasteiger partial charge in [-0.05, 0) is 12.1 Å². The predicted octanol–water partition coefficient (Wildman–Crippen LogP) is 0.625. The van der Waals surface area contributed by atoms with Crippen LogP contribution in [0.5, 0.6) is 5.75 Å². The van der Waals surface area contributed by atoms with E-state index < -0.39 is 0 Å². The molecule has 1 saturated heterocycles. The Bertz CT molecular complexity index is 604. The number of nitrogens with zero attached hydrogens (tertiary/aromatic N) is 3. The van der Waals surface area contributed by atoms with Crippen molar-refractivity contribution in [2.75, 3.05) is 44.9 Å². The minimum absolute atomic E-state index is 0.173. The molecule has 1 aliphatic heterocycles. The van der Waals surface area contributed by atoms with E-state index >= 15 is 0 Å². The molecule has 0 aromatic heterocycles. The average molecular weight is 316 g/mol. The van der Waals surface area contributed by atoms with E-state index in [9.17, 15) is 0 Å². The van der Waals surface area contributed by atoms with E-state index in [1.54, 1.807) is 12.1 Å². The molecular formula is C15H20N6O2. The third-order valence-corrected chi connectivity index (χ3v) is 3.31. The fraction of sp³-hybridized carbons (Fsp3) is 0.400. The smallest absolute Gasteiger partial charge is 0.201 e. The number of anilines is 1. The molecule has 0 spiro atoms. The number of morpholine rings is 1. The zero-order valence-electron chi connectivity index (χ0n) is 12.8. The van der Waals surface area contributed by atoms with Crippen LogP contribution in [0, 0.1) is 16.7 Å². The maximum atomic E-state index is 8.84. The van der Waals surface area contributed by atoms with E-state index in [-0.39, 0.29) is 11.5 Å². The Morgan fingerprint density at radius 2 is 2.17 bits per heavy atom. The van der Waals surface area contributed by atoms with Crippen LogP contribution in [0.1, 0.15) is 0 Å². The third kappa shape index (κ3) is 5.25. The summed E-state index contributed by atoms with van der Waals surface area (Å²) >= 11 is 0. The van der Waals surface area contributed by atoms with Crippen molar-refractivity contribution in [1.29, 1.82) is 10.7 Å². The second-order valence-electron chi connectivity index (χ2n) is 4.90. The van der Waals surface area contributed by atoms with Crippen LogP contribution in [-0.2, 0) is 4.74 Å². The van der Waals surface area contributed by atoms with Crippen molar-refractivity contribution < 1.29 is 9.47 Å². The number of hydrazone groups is 1. The van der Waals surface area contributed by atoms with Crippen molar-refractivity contribution in [3.8, 4) is 11.8 Å². The number of ether oxygens (including phenoxy) is 2. The van der Waals surface area contributed by atoms with Crippen molar-refractivity contribution in [2.45, 2.75) is 0 Å². The molecule has 0 amide bonds. The van der Waals surface area contributed by atoms with Crippen LogP contribution < -0.4 is 15.9 Å². The first-order valence-corrected chi connectivity index (χ1v) is 7.31. The van der Waals surface area contributed by atoms with Gasteiger partial charge in [0.2, 0.25) is 5.71 Å². The molecule has 8 heteroatoms. The average Bonchev–Trinajstić information content (AvgIpc) is 2.57. The first kappa shape index (κ1) is 16.7. The van der Waals surface area contributed by atoms with Crippen LogP contribution in [0.3, 0.4) is 0 Å². The van der Waals surface area contributed by atoms with Gasteiger partial charge in [0, 0.05) is 19.6 Å². The number of benzene rings is 1. The number of para-hydroxylation sites is 2. The number of hydrogen-bond donors (Lipinski definition) is 3. The molecule has 1 aliphatic rings. The quantitative estimate of drug-likeness (QED) is 0.385. The summed E-state index contributed by atoms with van der Waals surface area (Å²) in [6.45, 7) is 4.71. The molecule has 4 N–H and O–H groups in total. The van der Waals surface area contributed by atoms with E-state index in [0.29, 0.717) is 18.0 Å². The Morgan fingerprint density at radius 3 is 2.87 bits per heavy atom. The highest BCUT2D eigenvalue weighted by atomic mass is 16.5. The van der Waals surface area contributed by atoms with Crippen LogP contribution in [0.2, 0.25) is 0 Å². The summed E-state index contributed by atoms with van der Waals surface area (Å²) < 4.78 is 11.1. The summed E-state index contributed by atoms with van der Waals surface area (Å²) in [6.07, 6.45) is 0. The largest absolute Gasteiger partial charge is 0.490 e. The molecule has 1 aromatic carbocycles. The summed E-state index contributed by atoms with van der Waals surface area (Å²) in [5.74, 6) is 0.246. The van der Waals surface area contributed by atoms with Gasteiger partial charge in [0.05, 0.1) is 18.9 Å². The summed E-state index contributed by atoms with van der Waals surface area (Å²) in [5.41, 5.74) is 8.42. The van der Waals surface area contributed by atoms with E-state index in [0.717, 1.165) is 32.8 Å². The Hall–Kier alpha value is -2.63. The summed E-state index contributed by atoms with van der Waals surface area (Å²) in [4.78, 5) is 2.28. The van der Waals surface area contributed by atoms with Gasteiger partial charge in [0.25, 0.3) is 0 Å². The molecular weight excluding hydrogens is 296 g/mol. The Morgan fingerprint density at radius 1 is 1.43 bits per heavy atom. The molecule has 23 heavy (non-hydrogen) atoms. The summed E-state index contributed by atoms with van der Waals surface area (Å²) in [6, 6.07) is 9.04. The van der Waals surface area contributed by atoms with Crippen LogP contribution >= 0.6 is 0 Å². The van der Waals surface area contributed by atoms with Crippen molar-refractivity contribution in [3.63, 3.8) is 0 Å². The van der Waals surface area contributed by atoms with Crippen molar-refractivity contribution in [1.82, 2.24) is 4.90 Å². The molecule has 0 saturated carbocycles. The summed E-state index contributed by atoms with van der Waals surface area (Å²) in [7, 11) is 0. The van der Waals surface area contributed by atoms with Crippen LogP contribution in [0.15, 0.2) is 29.4 Å². The lowest BCUT2D eigenvalue weighted by atomic mass is 10.3. The second-order valence-corrected chi connectivity index (χ2v) is 4.90. The maximum absolute atomic E-state index is 8.84. The predicted molar refractivity (Wildman–Crippen MR) is 87.8 cm³/mol. The highest BCUT2D eigenvalue weighted by Crippen LogP contribution is 2.23. The van der Waals surface area contributed by atoms with Crippen LogP contribution in [-0.4, -0.2) is 55.9 Å². The molecule has 8 nitrogen and oxygen atoms in total. The normalized spacial score (nSPS) is 15.7. The second kappa shape index (κ2) is 8.73. The fourth-order valence-corrected chi connectivity index (χ4v) is 2.06. The van der Waals surface area contributed by atoms with E-state index in [1.807, 2.05) is 18.2 Å². The lowest BCUT2D eigenvalue weighted by Crippen LogP contribution is -2.38. The minimum atomic E-state index is -0.384. The molecule has 2 rings (SSSR count). The number of nitrogens with two attached hydrogens (primary N) is 1. The first-order chi connectivity index (χ1) is 11.2. The molecule has 0 bridgehead atoms. The molecule has 0 unspecified atom stereocenters. The maximum Gasteiger partial charge on any atom is 0.201 e. The Labute approximate surface area is 135 Å². The first-order valence-electron chi connectivity index (χ1n) is 7.31. The Balaban J connectivity index is 1.92. The zero-order valence-corrected chi connectivity index (χ0v) is 12.8. The lowest BCUT2D eigenvalue weighted by Gasteiger charge is -2.26. The van der Waals surface area contributed by atoms with Gasteiger partial charge in [-0.15, -0.1) is 0 Å². The van der Waals surface area contributed by atoms with Gasteiger partial charge in [-0.3, -0.25) is 15.7 Å². The SMILES string of the molecule is N#C/C(=N\Nc1ccccc1OCCN1CCOCC1)C(=N)N. The molecule has 0 aliphatic carbocycles. The van der Waals surface area contributed by atoms with Gasteiger partial charge in [0.1, 0.15) is 18.4 Å².